The molecule has 1 amide bonds. The van der Waals surface area contributed by atoms with E-state index < -0.39 is 5.91 Å². The minimum Gasteiger partial charge on any atom is -0.274 e. The lowest BCUT2D eigenvalue weighted by Gasteiger charge is -1.98. The van der Waals surface area contributed by atoms with Crippen LogP contribution in [-0.4, -0.2) is 21.9 Å². The van der Waals surface area contributed by atoms with Crippen LogP contribution in [0.4, 0.5) is 0 Å². The van der Waals surface area contributed by atoms with Crippen molar-refractivity contribution in [3.8, 4) is 0 Å². The van der Waals surface area contributed by atoms with Crippen LogP contribution in [0.25, 0.3) is 0 Å². The molecule has 0 atom stereocenters. The lowest BCUT2D eigenvalue weighted by atomic mass is 10.2. The van der Waals surface area contributed by atoms with Crippen LogP contribution >= 0.6 is 39.1 Å². The zero-order chi connectivity index (χ0) is 14.7. The van der Waals surface area contributed by atoms with Gasteiger partial charge in [-0.05, 0) is 33.6 Å². The number of nitrogens with one attached hydrogen (secondary N) is 1. The van der Waals surface area contributed by atoms with Gasteiger partial charge in [0, 0.05) is 13.2 Å². The number of aryl methyl sites for hydroxylation is 1. The second-order valence-electron chi connectivity index (χ2n) is 3.87. The summed E-state index contributed by atoms with van der Waals surface area (Å²) in [6.45, 7) is 0. The predicted octanol–water partition coefficient (Wildman–Crippen LogP) is 3.25. The Labute approximate surface area is 133 Å². The topological polar surface area (TPSA) is 59.3 Å². The Morgan fingerprint density at radius 1 is 1.45 bits per heavy atom. The molecule has 104 valence electrons. The Kier molecular flexibility index (Phi) is 4.80. The number of hydrogen-bond acceptors (Lipinski definition) is 3. The third kappa shape index (κ3) is 3.59. The van der Waals surface area contributed by atoms with E-state index in [0.29, 0.717) is 14.5 Å². The molecule has 8 heteroatoms. The molecule has 1 aromatic carbocycles. The van der Waals surface area contributed by atoms with Gasteiger partial charge in [-0.2, -0.15) is 10.2 Å². The van der Waals surface area contributed by atoms with Crippen LogP contribution in [0.2, 0.25) is 10.0 Å². The van der Waals surface area contributed by atoms with E-state index in [-0.39, 0.29) is 5.69 Å². The van der Waals surface area contributed by atoms with Crippen LogP contribution in [0.15, 0.2) is 34.0 Å². The highest BCUT2D eigenvalue weighted by molar-refractivity contribution is 9.10. The Morgan fingerprint density at radius 2 is 2.20 bits per heavy atom. The lowest BCUT2D eigenvalue weighted by Crippen LogP contribution is -2.18. The van der Waals surface area contributed by atoms with Crippen LogP contribution < -0.4 is 5.43 Å². The Morgan fingerprint density at radius 3 is 2.80 bits per heavy atom. The highest BCUT2D eigenvalue weighted by Gasteiger charge is 2.13. The molecule has 20 heavy (non-hydrogen) atoms. The molecular formula is C12H9BrCl2N4O. The van der Waals surface area contributed by atoms with Crippen molar-refractivity contribution in [1.82, 2.24) is 15.2 Å². The molecule has 1 aromatic heterocycles. The number of nitrogens with zero attached hydrogens (tertiary/aromatic N) is 3. The van der Waals surface area contributed by atoms with Gasteiger partial charge in [-0.25, -0.2) is 5.43 Å². The SMILES string of the molecule is Cn1cc(Br)c(C(=O)N/N=C/c2ccc(Cl)c(Cl)c2)n1. The van der Waals surface area contributed by atoms with Gasteiger partial charge in [0.25, 0.3) is 5.91 Å². The fourth-order valence-corrected chi connectivity index (χ4v) is 2.29. The molecule has 0 spiro atoms. The van der Waals surface area contributed by atoms with Gasteiger partial charge in [-0.1, -0.05) is 29.3 Å². The van der Waals surface area contributed by atoms with Crippen LogP contribution in [0, 0.1) is 0 Å². The fraction of sp³-hybridized carbons (Fsp3) is 0.0833. The number of carbonyl (C=O) groups is 1. The summed E-state index contributed by atoms with van der Waals surface area (Å²) in [5.74, 6) is -0.409. The minimum absolute atomic E-state index is 0.263. The van der Waals surface area contributed by atoms with Crippen LogP contribution in [-0.2, 0) is 7.05 Å². The monoisotopic (exact) mass is 374 g/mol. The van der Waals surface area contributed by atoms with E-state index in [1.54, 1.807) is 31.4 Å². The van der Waals surface area contributed by atoms with Gasteiger partial charge in [-0.3, -0.25) is 9.48 Å². The number of aromatic nitrogens is 2. The quantitative estimate of drug-likeness (QED) is 0.661. The van der Waals surface area contributed by atoms with E-state index in [9.17, 15) is 4.79 Å². The number of carbonyl (C=O) groups excluding carboxylic acids is 1. The van der Waals surface area contributed by atoms with Crippen molar-refractivity contribution in [1.29, 1.82) is 0 Å². The fourth-order valence-electron chi connectivity index (χ4n) is 1.42. The van der Waals surface area contributed by atoms with Crippen molar-refractivity contribution in [3.63, 3.8) is 0 Å². The second kappa shape index (κ2) is 6.39. The van der Waals surface area contributed by atoms with E-state index in [1.165, 1.54) is 10.9 Å². The molecular weight excluding hydrogens is 367 g/mol. The molecule has 0 saturated carbocycles. The van der Waals surface area contributed by atoms with E-state index in [2.05, 4.69) is 31.6 Å². The predicted molar refractivity (Wildman–Crippen MR) is 82.4 cm³/mol. The number of rotatable bonds is 3. The molecule has 0 aliphatic carbocycles. The Bertz CT molecular complexity index is 684. The molecule has 1 N–H and O–H groups in total. The summed E-state index contributed by atoms with van der Waals surface area (Å²) in [6.07, 6.45) is 3.15. The van der Waals surface area contributed by atoms with Gasteiger partial charge in [0.05, 0.1) is 20.7 Å². The van der Waals surface area contributed by atoms with Gasteiger partial charge in [0.1, 0.15) is 0 Å². The largest absolute Gasteiger partial charge is 0.293 e. The molecule has 0 fully saturated rings. The Balaban J connectivity index is 2.04. The lowest BCUT2D eigenvalue weighted by molar-refractivity contribution is 0.0948. The molecule has 0 aliphatic rings. The first-order chi connectivity index (χ1) is 9.47. The highest BCUT2D eigenvalue weighted by Crippen LogP contribution is 2.21. The first kappa shape index (κ1) is 15.0. The maximum Gasteiger partial charge on any atom is 0.293 e. The summed E-state index contributed by atoms with van der Waals surface area (Å²) in [5, 5.41) is 8.74. The maximum absolute atomic E-state index is 11.8. The average molecular weight is 376 g/mol. The first-order valence-electron chi connectivity index (χ1n) is 5.45. The standard InChI is InChI=1S/C12H9BrCl2N4O/c1-19-6-8(13)11(18-19)12(20)17-16-5-7-2-3-9(14)10(15)4-7/h2-6H,1H3,(H,17,20)/b16-5+. The zero-order valence-corrected chi connectivity index (χ0v) is 13.4. The number of halogens is 3. The molecule has 2 aromatic rings. The normalized spacial score (nSPS) is 11.0. The van der Waals surface area contributed by atoms with Crippen molar-refractivity contribution in [2.45, 2.75) is 0 Å². The van der Waals surface area contributed by atoms with E-state index >= 15 is 0 Å². The van der Waals surface area contributed by atoms with Crippen molar-refractivity contribution < 1.29 is 4.79 Å². The number of hydrazone groups is 1. The molecule has 0 unspecified atom stereocenters. The third-order valence-corrected chi connectivity index (χ3v) is 3.64. The van der Waals surface area contributed by atoms with Crippen molar-refractivity contribution in [2.75, 3.05) is 0 Å². The molecule has 5 nitrogen and oxygen atoms in total. The summed E-state index contributed by atoms with van der Waals surface area (Å²) >= 11 is 14.9. The number of benzene rings is 1. The molecule has 1 heterocycles. The van der Waals surface area contributed by atoms with E-state index in [1.807, 2.05) is 0 Å². The van der Waals surface area contributed by atoms with Gasteiger partial charge >= 0.3 is 0 Å². The average Bonchev–Trinajstić information content (AvgIpc) is 2.73. The van der Waals surface area contributed by atoms with Crippen LogP contribution in [0.1, 0.15) is 16.1 Å². The van der Waals surface area contributed by atoms with Gasteiger partial charge < -0.3 is 0 Å². The molecule has 0 bridgehead atoms. The zero-order valence-electron chi connectivity index (χ0n) is 10.3. The van der Waals surface area contributed by atoms with Crippen LogP contribution in [0.3, 0.4) is 0 Å². The third-order valence-electron chi connectivity index (χ3n) is 2.32. The second-order valence-corrected chi connectivity index (χ2v) is 5.54. The van der Waals surface area contributed by atoms with E-state index in [0.717, 1.165) is 5.56 Å². The van der Waals surface area contributed by atoms with Crippen LogP contribution in [0.5, 0.6) is 0 Å². The summed E-state index contributed by atoms with van der Waals surface area (Å²) < 4.78 is 2.13. The maximum atomic E-state index is 11.8. The highest BCUT2D eigenvalue weighted by atomic mass is 79.9. The van der Waals surface area contributed by atoms with Crippen molar-refractivity contribution in [2.24, 2.45) is 12.1 Å². The summed E-state index contributed by atoms with van der Waals surface area (Å²) in [7, 11) is 1.72. The molecule has 0 radical (unpaired) electrons. The minimum atomic E-state index is -0.409. The number of hydrogen-bond donors (Lipinski definition) is 1. The van der Waals surface area contributed by atoms with Gasteiger partial charge in [0.15, 0.2) is 5.69 Å². The number of amides is 1. The molecule has 0 saturated heterocycles. The molecule has 2 rings (SSSR count). The van der Waals surface area contributed by atoms with Gasteiger partial charge in [0.2, 0.25) is 0 Å². The smallest absolute Gasteiger partial charge is 0.274 e. The first-order valence-corrected chi connectivity index (χ1v) is 7.00. The summed E-state index contributed by atoms with van der Waals surface area (Å²) in [5.41, 5.74) is 3.37. The summed E-state index contributed by atoms with van der Waals surface area (Å²) in [4.78, 5) is 11.8. The van der Waals surface area contributed by atoms with Crippen molar-refractivity contribution in [3.05, 3.63) is 50.2 Å². The summed E-state index contributed by atoms with van der Waals surface area (Å²) in [6, 6.07) is 5.04. The van der Waals surface area contributed by atoms with Gasteiger partial charge in [-0.15, -0.1) is 0 Å². The van der Waals surface area contributed by atoms with E-state index in [4.69, 9.17) is 23.2 Å². The molecule has 0 aliphatic heterocycles. The van der Waals surface area contributed by atoms with Crippen molar-refractivity contribution >= 4 is 51.3 Å². The Hall–Kier alpha value is -1.37.